The quantitative estimate of drug-likeness (QED) is 0.569. The molecule has 1 N–H and O–H groups in total. The number of nitrogens with one attached hydrogen (secondary N) is 1. The molecule has 3 aromatic rings. The van der Waals surface area contributed by atoms with Crippen molar-refractivity contribution in [2.45, 2.75) is 17.9 Å². The SMILES string of the molecule is CC(Oc1ccc(Br)cc1Cl)C(=O)Nc1nc2ccc(S(C)(=O)=O)cc2s1. The average Bonchev–Trinajstić information content (AvgIpc) is 2.97. The number of benzene rings is 2. The van der Waals surface area contributed by atoms with Crippen LogP contribution in [0.4, 0.5) is 5.13 Å². The largest absolute Gasteiger partial charge is 0.479 e. The summed E-state index contributed by atoms with van der Waals surface area (Å²) in [6.45, 7) is 1.60. The van der Waals surface area contributed by atoms with Crippen molar-refractivity contribution in [1.82, 2.24) is 4.98 Å². The molecule has 0 aliphatic carbocycles. The summed E-state index contributed by atoms with van der Waals surface area (Å²) >= 11 is 10.6. The molecule has 1 aromatic heterocycles. The molecule has 3 rings (SSSR count). The molecule has 0 spiro atoms. The summed E-state index contributed by atoms with van der Waals surface area (Å²) in [5, 5.41) is 3.43. The van der Waals surface area contributed by atoms with Crippen molar-refractivity contribution in [2.24, 2.45) is 0 Å². The Balaban J connectivity index is 1.75. The lowest BCUT2D eigenvalue weighted by Crippen LogP contribution is -2.30. The molecule has 1 unspecified atom stereocenters. The third-order valence-corrected chi connectivity index (χ3v) is 6.42. The molecule has 0 aliphatic rings. The second kappa shape index (κ2) is 7.75. The summed E-state index contributed by atoms with van der Waals surface area (Å²) in [4.78, 5) is 16.9. The number of amides is 1. The topological polar surface area (TPSA) is 85.4 Å². The van der Waals surface area contributed by atoms with Gasteiger partial charge in [-0.25, -0.2) is 13.4 Å². The van der Waals surface area contributed by atoms with Gasteiger partial charge in [0, 0.05) is 10.7 Å². The third kappa shape index (κ3) is 4.78. The Hall–Kier alpha value is -1.68. The van der Waals surface area contributed by atoms with Gasteiger partial charge in [-0.05, 0) is 43.3 Å². The fraction of sp³-hybridized carbons (Fsp3) is 0.176. The van der Waals surface area contributed by atoms with Crippen molar-refractivity contribution in [3.05, 3.63) is 45.9 Å². The van der Waals surface area contributed by atoms with Gasteiger partial charge in [-0.15, -0.1) is 0 Å². The second-order valence-electron chi connectivity index (χ2n) is 5.74. The van der Waals surface area contributed by atoms with Gasteiger partial charge < -0.3 is 4.74 Å². The first-order chi connectivity index (χ1) is 12.6. The molecule has 0 bridgehead atoms. The van der Waals surface area contributed by atoms with Crippen LogP contribution >= 0.6 is 38.9 Å². The molecule has 27 heavy (non-hydrogen) atoms. The Morgan fingerprint density at radius 3 is 2.70 bits per heavy atom. The minimum absolute atomic E-state index is 0.207. The predicted octanol–water partition coefficient (Wildman–Crippen LogP) is 4.52. The van der Waals surface area contributed by atoms with E-state index in [0.29, 0.717) is 26.1 Å². The zero-order chi connectivity index (χ0) is 19.8. The summed E-state index contributed by atoms with van der Waals surface area (Å²) in [6, 6.07) is 9.75. The normalized spacial score (nSPS) is 12.7. The Labute approximate surface area is 173 Å². The van der Waals surface area contributed by atoms with E-state index < -0.39 is 21.8 Å². The van der Waals surface area contributed by atoms with Crippen LogP contribution in [0.25, 0.3) is 10.2 Å². The first kappa shape index (κ1) is 20.1. The number of carbonyl (C=O) groups excluding carboxylic acids is 1. The molecule has 0 aliphatic heterocycles. The second-order valence-corrected chi connectivity index (χ2v) is 10.1. The smallest absolute Gasteiger partial charge is 0.266 e. The number of ether oxygens (including phenoxy) is 1. The molecule has 0 saturated heterocycles. The van der Waals surface area contributed by atoms with Crippen LogP contribution in [-0.2, 0) is 14.6 Å². The first-order valence-electron chi connectivity index (χ1n) is 7.67. The standard InChI is InChI=1S/C17H14BrClN2O4S2/c1-9(25-14-6-3-10(18)7-12(14)19)16(22)21-17-20-13-5-4-11(27(2,23)24)8-15(13)26-17/h3-9H,1-2H3,(H,20,21,22). The number of anilines is 1. The van der Waals surface area contributed by atoms with Crippen LogP contribution in [0.1, 0.15) is 6.92 Å². The summed E-state index contributed by atoms with van der Waals surface area (Å²) in [5.41, 5.74) is 0.604. The highest BCUT2D eigenvalue weighted by Crippen LogP contribution is 2.30. The van der Waals surface area contributed by atoms with Gasteiger partial charge in [0.2, 0.25) is 0 Å². The van der Waals surface area contributed by atoms with E-state index >= 15 is 0 Å². The minimum Gasteiger partial charge on any atom is -0.479 e. The highest BCUT2D eigenvalue weighted by atomic mass is 79.9. The fourth-order valence-corrected chi connectivity index (χ4v) is 4.56. The fourth-order valence-electron chi connectivity index (χ4n) is 2.21. The van der Waals surface area contributed by atoms with Crippen molar-refractivity contribution >= 4 is 70.0 Å². The molecule has 0 saturated carbocycles. The number of sulfone groups is 1. The lowest BCUT2D eigenvalue weighted by atomic mass is 10.3. The zero-order valence-corrected chi connectivity index (χ0v) is 18.2. The summed E-state index contributed by atoms with van der Waals surface area (Å²) in [6.07, 6.45) is 0.340. The Kier molecular flexibility index (Phi) is 5.76. The van der Waals surface area contributed by atoms with Crippen LogP contribution < -0.4 is 10.1 Å². The molecule has 2 aromatic carbocycles. The molecular weight excluding hydrogens is 476 g/mol. The maximum atomic E-state index is 12.4. The number of aromatic nitrogens is 1. The Morgan fingerprint density at radius 2 is 2.04 bits per heavy atom. The van der Waals surface area contributed by atoms with E-state index in [4.69, 9.17) is 16.3 Å². The van der Waals surface area contributed by atoms with Crippen molar-refractivity contribution in [3.63, 3.8) is 0 Å². The molecule has 0 fully saturated rings. The van der Waals surface area contributed by atoms with Gasteiger partial charge in [-0.3, -0.25) is 10.1 Å². The van der Waals surface area contributed by atoms with Gasteiger partial charge in [-0.1, -0.05) is 38.9 Å². The Bertz CT molecular complexity index is 1130. The Morgan fingerprint density at radius 1 is 1.30 bits per heavy atom. The van der Waals surface area contributed by atoms with Gasteiger partial charge in [0.25, 0.3) is 5.91 Å². The van der Waals surface area contributed by atoms with Crippen molar-refractivity contribution in [1.29, 1.82) is 0 Å². The van der Waals surface area contributed by atoms with Gasteiger partial charge in [-0.2, -0.15) is 0 Å². The number of fused-ring (bicyclic) bond motifs is 1. The number of hydrogen-bond donors (Lipinski definition) is 1. The van der Waals surface area contributed by atoms with Crippen LogP contribution in [0.2, 0.25) is 5.02 Å². The lowest BCUT2D eigenvalue weighted by molar-refractivity contribution is -0.122. The van der Waals surface area contributed by atoms with E-state index in [1.54, 1.807) is 37.3 Å². The van der Waals surface area contributed by atoms with E-state index in [2.05, 4.69) is 26.2 Å². The highest BCUT2D eigenvalue weighted by Gasteiger charge is 2.18. The third-order valence-electron chi connectivity index (χ3n) is 3.59. The molecule has 1 atom stereocenters. The van der Waals surface area contributed by atoms with Gasteiger partial charge in [0.05, 0.1) is 20.1 Å². The number of hydrogen-bond acceptors (Lipinski definition) is 6. The van der Waals surface area contributed by atoms with Crippen molar-refractivity contribution < 1.29 is 17.9 Å². The highest BCUT2D eigenvalue weighted by molar-refractivity contribution is 9.10. The number of halogens is 2. The molecular formula is C17H14BrClN2O4S2. The lowest BCUT2D eigenvalue weighted by Gasteiger charge is -2.14. The maximum absolute atomic E-state index is 12.4. The van der Waals surface area contributed by atoms with Crippen LogP contribution in [0.15, 0.2) is 45.8 Å². The summed E-state index contributed by atoms with van der Waals surface area (Å²) < 4.78 is 30.4. The van der Waals surface area contributed by atoms with E-state index in [1.165, 1.54) is 17.4 Å². The van der Waals surface area contributed by atoms with Crippen LogP contribution in [0.3, 0.4) is 0 Å². The molecule has 6 nitrogen and oxygen atoms in total. The van der Waals surface area contributed by atoms with E-state index in [9.17, 15) is 13.2 Å². The number of rotatable bonds is 5. The molecule has 10 heteroatoms. The summed E-state index contributed by atoms with van der Waals surface area (Å²) in [7, 11) is -3.31. The monoisotopic (exact) mass is 488 g/mol. The average molecular weight is 490 g/mol. The van der Waals surface area contributed by atoms with E-state index in [-0.39, 0.29) is 4.90 Å². The van der Waals surface area contributed by atoms with Gasteiger partial charge in [0.15, 0.2) is 21.1 Å². The zero-order valence-electron chi connectivity index (χ0n) is 14.2. The number of thiazole rings is 1. The molecule has 1 heterocycles. The first-order valence-corrected chi connectivity index (χ1v) is 11.5. The van der Waals surface area contributed by atoms with Crippen molar-refractivity contribution in [3.8, 4) is 5.75 Å². The van der Waals surface area contributed by atoms with Crippen molar-refractivity contribution in [2.75, 3.05) is 11.6 Å². The number of nitrogens with zero attached hydrogens (tertiary/aromatic N) is 1. The number of carbonyl (C=O) groups is 1. The van der Waals surface area contributed by atoms with Gasteiger partial charge >= 0.3 is 0 Å². The summed E-state index contributed by atoms with van der Waals surface area (Å²) in [5.74, 6) is 0.000916. The molecule has 1 amide bonds. The van der Waals surface area contributed by atoms with E-state index in [1.807, 2.05) is 0 Å². The molecule has 0 radical (unpaired) electrons. The maximum Gasteiger partial charge on any atom is 0.266 e. The van der Waals surface area contributed by atoms with Crippen LogP contribution in [0, 0.1) is 0 Å². The van der Waals surface area contributed by atoms with E-state index in [0.717, 1.165) is 10.7 Å². The minimum atomic E-state index is -3.31. The van der Waals surface area contributed by atoms with Crippen LogP contribution in [-0.4, -0.2) is 31.7 Å². The molecule has 142 valence electrons. The van der Waals surface area contributed by atoms with Gasteiger partial charge in [0.1, 0.15) is 5.75 Å². The predicted molar refractivity (Wildman–Crippen MR) is 111 cm³/mol. The van der Waals surface area contributed by atoms with Crippen LogP contribution in [0.5, 0.6) is 5.75 Å².